The molecule has 1 fully saturated rings. The highest BCUT2D eigenvalue weighted by atomic mass is 16.3. The highest BCUT2D eigenvalue weighted by Crippen LogP contribution is 2.34. The van der Waals surface area contributed by atoms with Crippen LogP contribution in [0.5, 0.6) is 0 Å². The summed E-state index contributed by atoms with van der Waals surface area (Å²) < 4.78 is 0. The number of piperidine rings is 1. The Hall–Kier alpha value is -2.75. The Kier molecular flexibility index (Phi) is 4.55. The minimum absolute atomic E-state index is 0.217. The largest absolute Gasteiger partial charge is 0.382 e. The van der Waals surface area contributed by atoms with E-state index in [-0.39, 0.29) is 6.04 Å². The van der Waals surface area contributed by atoms with Gasteiger partial charge in [-0.3, -0.25) is 0 Å². The molecule has 0 amide bonds. The van der Waals surface area contributed by atoms with Crippen LogP contribution in [0.1, 0.15) is 30.9 Å². The van der Waals surface area contributed by atoms with Crippen molar-refractivity contribution in [3.05, 3.63) is 78.4 Å². The quantitative estimate of drug-likeness (QED) is 0.532. The van der Waals surface area contributed by atoms with E-state index < -0.39 is 6.10 Å². The first-order valence-corrected chi connectivity index (χ1v) is 10.2. The number of aliphatic hydroxyl groups is 1. The molecule has 0 unspecified atom stereocenters. The van der Waals surface area contributed by atoms with Crippen molar-refractivity contribution in [3.63, 3.8) is 0 Å². The third-order valence-corrected chi connectivity index (χ3v) is 5.99. The molecule has 1 aliphatic rings. The fourth-order valence-corrected chi connectivity index (χ4v) is 4.48. The van der Waals surface area contributed by atoms with Crippen molar-refractivity contribution in [2.45, 2.75) is 31.4 Å². The second-order valence-corrected chi connectivity index (χ2v) is 7.77. The Labute approximate surface area is 165 Å². The maximum Gasteiger partial charge on any atom is 0.131 e. The van der Waals surface area contributed by atoms with Crippen molar-refractivity contribution in [1.29, 1.82) is 0 Å². The molecule has 4 aromatic rings. The zero-order valence-corrected chi connectivity index (χ0v) is 15.9. The Balaban J connectivity index is 1.76. The van der Waals surface area contributed by atoms with Gasteiger partial charge in [0.1, 0.15) is 12.1 Å². The monoisotopic (exact) mass is 369 g/mol. The molecule has 3 nitrogen and oxygen atoms in total. The van der Waals surface area contributed by atoms with Gasteiger partial charge in [-0.15, -0.1) is 0 Å². The van der Waals surface area contributed by atoms with Crippen molar-refractivity contribution in [3.8, 4) is 11.3 Å². The third-order valence-electron chi connectivity index (χ3n) is 5.99. The van der Waals surface area contributed by atoms with E-state index in [0.29, 0.717) is 0 Å². The van der Waals surface area contributed by atoms with Crippen molar-refractivity contribution >= 4 is 21.7 Å². The average molecular weight is 369 g/mol. The minimum Gasteiger partial charge on any atom is -0.382 e. The van der Waals surface area contributed by atoms with E-state index in [0.717, 1.165) is 46.1 Å². The van der Waals surface area contributed by atoms with E-state index in [1.807, 2.05) is 18.2 Å². The van der Waals surface area contributed by atoms with Crippen LogP contribution in [0.2, 0.25) is 0 Å². The number of hydrogen-bond acceptors (Lipinski definition) is 2. The summed E-state index contributed by atoms with van der Waals surface area (Å²) in [6.07, 6.45) is 2.99. The fraction of sp³-hybridized carbons (Fsp3) is 0.240. The highest BCUT2D eigenvalue weighted by Gasteiger charge is 2.28. The summed E-state index contributed by atoms with van der Waals surface area (Å²) in [7, 11) is 0. The molecule has 28 heavy (non-hydrogen) atoms. The fourth-order valence-electron chi connectivity index (χ4n) is 4.48. The number of aromatic nitrogens is 1. The molecular weight excluding hydrogens is 344 g/mol. The molecule has 0 spiro atoms. The molecule has 1 saturated heterocycles. The standard InChI is InChI=1S/C25H24N2O/c28-25(22-12-6-7-15-26-22)21-16-23(18-9-2-1-3-10-18)27-24-19-11-5-4-8-17(19)13-14-20(21)24/h1-5,8-11,13-14,16,22,25-26,28H,6-7,12,15H2/p+1/t22-,25+/m0/s1. The van der Waals surface area contributed by atoms with E-state index in [1.54, 1.807) is 0 Å². The van der Waals surface area contributed by atoms with Gasteiger partial charge in [0.25, 0.3) is 0 Å². The van der Waals surface area contributed by atoms with E-state index in [9.17, 15) is 5.11 Å². The van der Waals surface area contributed by atoms with Crippen LogP contribution < -0.4 is 5.32 Å². The van der Waals surface area contributed by atoms with Gasteiger partial charge >= 0.3 is 0 Å². The number of fused-ring (bicyclic) bond motifs is 3. The number of nitrogens with two attached hydrogens (primary N) is 1. The van der Waals surface area contributed by atoms with Crippen LogP contribution in [-0.4, -0.2) is 22.7 Å². The van der Waals surface area contributed by atoms with E-state index in [1.165, 1.54) is 18.2 Å². The molecule has 2 atom stereocenters. The molecule has 3 N–H and O–H groups in total. The van der Waals surface area contributed by atoms with Gasteiger partial charge in [0, 0.05) is 22.8 Å². The van der Waals surface area contributed by atoms with Gasteiger partial charge in [0.15, 0.2) is 0 Å². The maximum absolute atomic E-state index is 11.3. The molecule has 3 aromatic carbocycles. The van der Waals surface area contributed by atoms with Crippen molar-refractivity contribution in [2.75, 3.05) is 6.54 Å². The summed E-state index contributed by atoms with van der Waals surface area (Å²) in [6.45, 7) is 1.10. The lowest BCUT2D eigenvalue weighted by Crippen LogP contribution is -2.92. The molecule has 0 bridgehead atoms. The van der Waals surface area contributed by atoms with Crippen molar-refractivity contribution in [1.82, 2.24) is 4.98 Å². The molecule has 0 aliphatic carbocycles. The summed E-state index contributed by atoms with van der Waals surface area (Å²) in [6, 6.07) is 25.2. The van der Waals surface area contributed by atoms with Gasteiger partial charge in [0.05, 0.1) is 17.8 Å². The molecule has 3 heteroatoms. The van der Waals surface area contributed by atoms with Crippen LogP contribution in [0.3, 0.4) is 0 Å². The van der Waals surface area contributed by atoms with Gasteiger partial charge in [-0.1, -0.05) is 66.7 Å². The molecule has 0 saturated carbocycles. The van der Waals surface area contributed by atoms with Gasteiger partial charge in [-0.25, -0.2) is 4.98 Å². The predicted octanol–water partition coefficient (Wildman–Crippen LogP) is 4.20. The molecule has 1 aromatic heterocycles. The summed E-state index contributed by atoms with van der Waals surface area (Å²) in [5.74, 6) is 0. The molecule has 0 radical (unpaired) electrons. The predicted molar refractivity (Wildman–Crippen MR) is 114 cm³/mol. The number of aliphatic hydroxyl groups excluding tert-OH is 1. The summed E-state index contributed by atoms with van der Waals surface area (Å²) in [4.78, 5) is 5.04. The minimum atomic E-state index is -0.491. The Morgan fingerprint density at radius 1 is 0.893 bits per heavy atom. The molecular formula is C25H25N2O+. The smallest absolute Gasteiger partial charge is 0.131 e. The Bertz CT molecular complexity index is 1120. The number of benzene rings is 3. The normalized spacial score (nSPS) is 18.4. The van der Waals surface area contributed by atoms with Crippen LogP contribution in [0, 0.1) is 0 Å². The van der Waals surface area contributed by atoms with Crippen LogP contribution >= 0.6 is 0 Å². The summed E-state index contributed by atoms with van der Waals surface area (Å²) in [5.41, 5.74) is 3.98. The number of pyridine rings is 1. The second-order valence-electron chi connectivity index (χ2n) is 7.77. The van der Waals surface area contributed by atoms with Crippen LogP contribution in [0.4, 0.5) is 0 Å². The maximum atomic E-state index is 11.3. The first-order chi connectivity index (χ1) is 13.8. The lowest BCUT2D eigenvalue weighted by molar-refractivity contribution is -0.705. The van der Waals surface area contributed by atoms with Crippen LogP contribution in [-0.2, 0) is 0 Å². The highest BCUT2D eigenvalue weighted by molar-refractivity contribution is 6.07. The SMILES string of the molecule is O[C@H](c1cc(-c2ccccc2)nc2c1ccc1ccccc12)[C@@H]1CCCC[NH2+]1. The lowest BCUT2D eigenvalue weighted by Gasteiger charge is -2.26. The van der Waals surface area contributed by atoms with Crippen molar-refractivity contribution in [2.24, 2.45) is 0 Å². The topological polar surface area (TPSA) is 49.7 Å². The molecule has 5 rings (SSSR count). The average Bonchev–Trinajstić information content (AvgIpc) is 2.79. The summed E-state index contributed by atoms with van der Waals surface area (Å²) in [5, 5.41) is 17.0. The van der Waals surface area contributed by atoms with E-state index in [2.05, 4.69) is 59.9 Å². The van der Waals surface area contributed by atoms with Crippen molar-refractivity contribution < 1.29 is 10.4 Å². The first kappa shape index (κ1) is 17.4. The Morgan fingerprint density at radius 3 is 2.54 bits per heavy atom. The summed E-state index contributed by atoms with van der Waals surface area (Å²) >= 11 is 0. The number of nitrogens with zero attached hydrogens (tertiary/aromatic N) is 1. The molecule has 1 aliphatic heterocycles. The first-order valence-electron chi connectivity index (χ1n) is 10.2. The van der Waals surface area contributed by atoms with Gasteiger partial charge in [0.2, 0.25) is 0 Å². The zero-order chi connectivity index (χ0) is 18.9. The lowest BCUT2D eigenvalue weighted by atomic mass is 9.91. The van der Waals surface area contributed by atoms with Gasteiger partial charge in [-0.2, -0.15) is 0 Å². The third kappa shape index (κ3) is 3.07. The number of hydrogen-bond donors (Lipinski definition) is 2. The van der Waals surface area contributed by atoms with Crippen LogP contribution in [0.15, 0.2) is 72.8 Å². The second kappa shape index (κ2) is 7.34. The molecule has 2 heterocycles. The van der Waals surface area contributed by atoms with Crippen LogP contribution in [0.25, 0.3) is 32.9 Å². The molecule has 140 valence electrons. The van der Waals surface area contributed by atoms with Gasteiger partial charge < -0.3 is 10.4 Å². The number of quaternary nitrogens is 1. The number of rotatable bonds is 3. The zero-order valence-electron chi connectivity index (χ0n) is 15.9. The van der Waals surface area contributed by atoms with Gasteiger partial charge in [-0.05, 0) is 29.9 Å². The Morgan fingerprint density at radius 2 is 1.71 bits per heavy atom. The van der Waals surface area contributed by atoms with E-state index >= 15 is 0 Å². The van der Waals surface area contributed by atoms with E-state index in [4.69, 9.17) is 4.98 Å².